The van der Waals surface area contributed by atoms with Crippen LogP contribution in [0.4, 0.5) is 0 Å². The Kier molecular flexibility index (Phi) is 11.6. The van der Waals surface area contributed by atoms with Gasteiger partial charge in [0.2, 0.25) is 0 Å². The predicted octanol–water partition coefficient (Wildman–Crippen LogP) is 0.417. The zero-order chi connectivity index (χ0) is 11.4. The summed E-state index contributed by atoms with van der Waals surface area (Å²) >= 11 is 0. The summed E-state index contributed by atoms with van der Waals surface area (Å²) in [5.41, 5.74) is 4.50. The van der Waals surface area contributed by atoms with E-state index >= 15 is 0 Å². The highest BCUT2D eigenvalue weighted by atomic mass is 16.4. The fourth-order valence-corrected chi connectivity index (χ4v) is 0.385. The first-order chi connectivity index (χ1) is 6.64. The van der Waals surface area contributed by atoms with Crippen molar-refractivity contribution in [1.82, 2.24) is 0 Å². The molecule has 0 amide bonds. The lowest BCUT2D eigenvalue weighted by molar-refractivity contribution is -0.159. The SMILES string of the molecule is CN.O=C(O)C(=O)O.c1ccccc1. The minimum Gasteiger partial charge on any atom is -0.473 e. The van der Waals surface area contributed by atoms with Crippen molar-refractivity contribution >= 4 is 11.9 Å². The molecule has 0 spiro atoms. The number of aliphatic carboxylic acids is 2. The average molecular weight is 199 g/mol. The van der Waals surface area contributed by atoms with Crippen LogP contribution < -0.4 is 5.73 Å². The van der Waals surface area contributed by atoms with E-state index in [1.54, 1.807) is 0 Å². The Morgan fingerprint density at radius 3 is 1.00 bits per heavy atom. The molecule has 0 radical (unpaired) electrons. The molecule has 0 heterocycles. The third kappa shape index (κ3) is 12.8. The van der Waals surface area contributed by atoms with Crippen molar-refractivity contribution in [1.29, 1.82) is 0 Å². The zero-order valence-electron chi connectivity index (χ0n) is 7.75. The highest BCUT2D eigenvalue weighted by Gasteiger charge is 2.04. The largest absolute Gasteiger partial charge is 0.473 e. The Morgan fingerprint density at radius 2 is 0.929 bits per heavy atom. The van der Waals surface area contributed by atoms with Crippen LogP contribution in [0.3, 0.4) is 0 Å². The fourth-order valence-electron chi connectivity index (χ4n) is 0.385. The molecular formula is C9H13NO4. The summed E-state index contributed by atoms with van der Waals surface area (Å²) in [5.74, 6) is -3.65. The van der Waals surface area contributed by atoms with Crippen LogP contribution in [0.25, 0.3) is 0 Å². The van der Waals surface area contributed by atoms with E-state index in [4.69, 9.17) is 19.8 Å². The zero-order valence-corrected chi connectivity index (χ0v) is 7.75. The van der Waals surface area contributed by atoms with Crippen molar-refractivity contribution in [3.63, 3.8) is 0 Å². The highest BCUT2D eigenvalue weighted by Crippen LogP contribution is 1.79. The monoisotopic (exact) mass is 199 g/mol. The molecule has 1 aromatic carbocycles. The normalized spacial score (nSPS) is 7.00. The van der Waals surface area contributed by atoms with Gasteiger partial charge in [0, 0.05) is 0 Å². The number of carbonyl (C=O) groups is 2. The molecular weight excluding hydrogens is 186 g/mol. The van der Waals surface area contributed by atoms with Gasteiger partial charge in [-0.15, -0.1) is 0 Å². The van der Waals surface area contributed by atoms with Crippen LogP contribution in [0.15, 0.2) is 36.4 Å². The van der Waals surface area contributed by atoms with Crippen LogP contribution in [0.1, 0.15) is 0 Å². The first-order valence-corrected chi connectivity index (χ1v) is 3.68. The molecule has 4 N–H and O–H groups in total. The van der Waals surface area contributed by atoms with Crippen LogP contribution in [-0.4, -0.2) is 29.2 Å². The second-order valence-electron chi connectivity index (χ2n) is 1.77. The smallest absolute Gasteiger partial charge is 0.414 e. The first kappa shape index (κ1) is 14.6. The lowest BCUT2D eigenvalue weighted by atomic mass is 10.4. The van der Waals surface area contributed by atoms with Gasteiger partial charge in [0.25, 0.3) is 0 Å². The maximum atomic E-state index is 9.10. The molecule has 0 aliphatic carbocycles. The fraction of sp³-hybridized carbons (Fsp3) is 0.111. The third-order valence-corrected chi connectivity index (χ3v) is 0.850. The number of carboxylic acid groups (broad SMARTS) is 2. The topological polar surface area (TPSA) is 101 Å². The first-order valence-electron chi connectivity index (χ1n) is 3.68. The Morgan fingerprint density at radius 1 is 0.786 bits per heavy atom. The van der Waals surface area contributed by atoms with Gasteiger partial charge in [-0.05, 0) is 7.05 Å². The molecule has 1 rings (SSSR count). The van der Waals surface area contributed by atoms with Crippen molar-refractivity contribution < 1.29 is 19.8 Å². The number of hydrogen-bond acceptors (Lipinski definition) is 3. The summed E-state index contributed by atoms with van der Waals surface area (Å²) in [5, 5.41) is 14.8. The molecule has 0 aromatic heterocycles. The van der Waals surface area contributed by atoms with E-state index in [-0.39, 0.29) is 0 Å². The molecule has 0 aliphatic rings. The van der Waals surface area contributed by atoms with Gasteiger partial charge in [-0.25, -0.2) is 9.59 Å². The van der Waals surface area contributed by atoms with Crippen LogP contribution >= 0.6 is 0 Å². The molecule has 0 saturated carbocycles. The van der Waals surface area contributed by atoms with Gasteiger partial charge in [-0.2, -0.15) is 0 Å². The highest BCUT2D eigenvalue weighted by molar-refractivity contribution is 6.27. The van der Waals surface area contributed by atoms with Gasteiger partial charge >= 0.3 is 11.9 Å². The van der Waals surface area contributed by atoms with Crippen molar-refractivity contribution in [3.8, 4) is 0 Å². The Hall–Kier alpha value is -1.88. The Balaban J connectivity index is 0. The Labute approximate surface area is 81.8 Å². The summed E-state index contributed by atoms with van der Waals surface area (Å²) in [7, 11) is 1.50. The molecule has 5 heteroatoms. The summed E-state index contributed by atoms with van der Waals surface area (Å²) in [4.78, 5) is 18.2. The maximum absolute atomic E-state index is 9.10. The van der Waals surface area contributed by atoms with Crippen molar-refractivity contribution in [2.24, 2.45) is 5.73 Å². The van der Waals surface area contributed by atoms with Crippen LogP contribution in [0.5, 0.6) is 0 Å². The van der Waals surface area contributed by atoms with E-state index in [9.17, 15) is 0 Å². The quantitative estimate of drug-likeness (QED) is 0.525. The van der Waals surface area contributed by atoms with Crippen molar-refractivity contribution in [2.45, 2.75) is 0 Å². The van der Waals surface area contributed by atoms with Gasteiger partial charge in [-0.3, -0.25) is 0 Å². The van der Waals surface area contributed by atoms with Gasteiger partial charge in [0.1, 0.15) is 0 Å². The van der Waals surface area contributed by atoms with Crippen molar-refractivity contribution in [3.05, 3.63) is 36.4 Å². The minimum absolute atomic E-state index is 1.50. The second kappa shape index (κ2) is 11.1. The molecule has 1 aromatic rings. The van der Waals surface area contributed by atoms with Gasteiger partial charge in [-0.1, -0.05) is 36.4 Å². The van der Waals surface area contributed by atoms with E-state index in [2.05, 4.69) is 5.73 Å². The molecule has 0 bridgehead atoms. The number of nitrogens with two attached hydrogens (primary N) is 1. The van der Waals surface area contributed by atoms with E-state index in [1.807, 2.05) is 36.4 Å². The van der Waals surface area contributed by atoms with E-state index in [0.717, 1.165) is 0 Å². The molecule has 0 fully saturated rings. The van der Waals surface area contributed by atoms with E-state index in [0.29, 0.717) is 0 Å². The molecule has 78 valence electrons. The van der Waals surface area contributed by atoms with Crippen LogP contribution in [0.2, 0.25) is 0 Å². The number of rotatable bonds is 0. The van der Waals surface area contributed by atoms with Crippen LogP contribution in [0, 0.1) is 0 Å². The van der Waals surface area contributed by atoms with E-state index in [1.165, 1.54) is 7.05 Å². The number of hydrogen-bond donors (Lipinski definition) is 3. The van der Waals surface area contributed by atoms with Gasteiger partial charge in [0.15, 0.2) is 0 Å². The Bertz CT molecular complexity index is 210. The molecule has 0 atom stereocenters. The maximum Gasteiger partial charge on any atom is 0.414 e. The van der Waals surface area contributed by atoms with E-state index < -0.39 is 11.9 Å². The second-order valence-corrected chi connectivity index (χ2v) is 1.77. The molecule has 0 aliphatic heterocycles. The van der Waals surface area contributed by atoms with Crippen molar-refractivity contribution in [2.75, 3.05) is 7.05 Å². The lowest BCUT2D eigenvalue weighted by Crippen LogP contribution is -2.09. The standard InChI is InChI=1S/C6H6.C2H2O4.CH5N/c1-2-4-6-5-3-1;3-1(4)2(5)6;1-2/h1-6H;(H,3,4)(H,5,6);2H2,1H3. The molecule has 0 saturated heterocycles. The average Bonchev–Trinajstić information content (AvgIpc) is 2.24. The summed E-state index contributed by atoms with van der Waals surface area (Å²) in [6.07, 6.45) is 0. The predicted molar refractivity (Wildman–Crippen MR) is 51.8 cm³/mol. The van der Waals surface area contributed by atoms with Gasteiger partial charge < -0.3 is 15.9 Å². The minimum atomic E-state index is -1.82. The van der Waals surface area contributed by atoms with Gasteiger partial charge in [0.05, 0.1) is 0 Å². The molecule has 0 unspecified atom stereocenters. The summed E-state index contributed by atoms with van der Waals surface area (Å²) in [6.45, 7) is 0. The molecule has 5 nitrogen and oxygen atoms in total. The molecule has 14 heavy (non-hydrogen) atoms. The number of benzene rings is 1. The third-order valence-electron chi connectivity index (χ3n) is 0.850. The summed E-state index contributed by atoms with van der Waals surface area (Å²) < 4.78 is 0. The van der Waals surface area contributed by atoms with Crippen LogP contribution in [-0.2, 0) is 9.59 Å². The summed E-state index contributed by atoms with van der Waals surface area (Å²) in [6, 6.07) is 12.0. The lowest BCUT2D eigenvalue weighted by Gasteiger charge is -1.72. The number of carboxylic acids is 2.